The third-order valence-corrected chi connectivity index (χ3v) is 6.68. The van der Waals surface area contributed by atoms with Gasteiger partial charge in [-0.3, -0.25) is 4.79 Å². The van der Waals surface area contributed by atoms with Gasteiger partial charge in [-0.05, 0) is 48.2 Å². The molecule has 2 saturated heterocycles. The molecule has 2 aromatic heterocycles. The van der Waals surface area contributed by atoms with E-state index in [0.29, 0.717) is 25.4 Å². The Morgan fingerprint density at radius 3 is 2.42 bits per heavy atom. The fraction of sp³-hybridized carbons (Fsp3) is 0.464. The summed E-state index contributed by atoms with van der Waals surface area (Å²) < 4.78 is 13.6. The van der Waals surface area contributed by atoms with Crippen LogP contribution in [0.15, 0.2) is 48.8 Å². The van der Waals surface area contributed by atoms with Crippen LogP contribution in [0.5, 0.6) is 5.75 Å². The third kappa shape index (κ3) is 5.32. The average molecular weight is 491 g/mol. The minimum Gasteiger partial charge on any atom is -0.489 e. The molecule has 0 unspecified atom stereocenters. The zero-order valence-corrected chi connectivity index (χ0v) is 21.3. The molecule has 0 bridgehead atoms. The molecule has 8 heteroatoms. The van der Waals surface area contributed by atoms with Crippen LogP contribution in [0.2, 0.25) is 0 Å². The number of benzene rings is 1. The lowest BCUT2D eigenvalue weighted by molar-refractivity contribution is 0.0496. The van der Waals surface area contributed by atoms with Gasteiger partial charge >= 0.3 is 6.09 Å². The van der Waals surface area contributed by atoms with Gasteiger partial charge in [-0.15, -0.1) is 0 Å². The predicted octanol–water partition coefficient (Wildman–Crippen LogP) is 4.90. The smallest absolute Gasteiger partial charge is 0.409 e. The van der Waals surface area contributed by atoms with E-state index < -0.39 is 0 Å². The summed E-state index contributed by atoms with van der Waals surface area (Å²) in [4.78, 5) is 33.1. The van der Waals surface area contributed by atoms with Crippen LogP contribution in [0.1, 0.15) is 50.4 Å². The second-order valence-corrected chi connectivity index (χ2v) is 10.9. The summed E-state index contributed by atoms with van der Waals surface area (Å²) in [6.07, 6.45) is 6.11. The van der Waals surface area contributed by atoms with Crippen molar-refractivity contribution in [2.75, 3.05) is 32.8 Å². The average Bonchev–Trinajstić information content (AvgIpc) is 3.25. The van der Waals surface area contributed by atoms with Crippen LogP contribution in [0.25, 0.3) is 16.7 Å². The van der Waals surface area contributed by atoms with Crippen molar-refractivity contribution < 1.29 is 19.1 Å². The van der Waals surface area contributed by atoms with Crippen LogP contribution in [0.3, 0.4) is 0 Å². The van der Waals surface area contributed by atoms with Crippen molar-refractivity contribution in [2.45, 2.75) is 46.1 Å². The number of pyridine rings is 1. The minimum atomic E-state index is -0.245. The maximum absolute atomic E-state index is 12.5. The molecule has 2 fully saturated rings. The molecule has 5 rings (SSSR count). The summed E-state index contributed by atoms with van der Waals surface area (Å²) in [5.41, 5.74) is 1.69. The highest BCUT2D eigenvalue weighted by molar-refractivity contribution is 5.98. The number of likely N-dealkylation sites (tertiary alicyclic amines) is 2. The third-order valence-electron chi connectivity index (χ3n) is 6.68. The van der Waals surface area contributed by atoms with Gasteiger partial charge in [0.05, 0.1) is 18.3 Å². The topological polar surface area (TPSA) is 76.9 Å². The van der Waals surface area contributed by atoms with E-state index in [1.807, 2.05) is 72.8 Å². The number of amides is 2. The maximum Gasteiger partial charge on any atom is 0.409 e. The molecule has 190 valence electrons. The predicted molar refractivity (Wildman–Crippen MR) is 138 cm³/mol. The Hall–Kier alpha value is -3.55. The van der Waals surface area contributed by atoms with E-state index in [1.54, 1.807) is 11.1 Å². The number of fused-ring (bicyclic) bond motifs is 1. The Labute approximate surface area is 211 Å². The van der Waals surface area contributed by atoms with Gasteiger partial charge in [0.15, 0.2) is 0 Å². The monoisotopic (exact) mass is 490 g/mol. The van der Waals surface area contributed by atoms with E-state index in [-0.39, 0.29) is 23.5 Å². The summed E-state index contributed by atoms with van der Waals surface area (Å²) >= 11 is 0. The van der Waals surface area contributed by atoms with Crippen molar-refractivity contribution in [3.63, 3.8) is 0 Å². The summed E-state index contributed by atoms with van der Waals surface area (Å²) in [6.45, 7) is 9.49. The standard InChI is InChI=1S/C28H34N4O4/c1-28(2,3)19-35-27(34)31-14-10-22(11-15-31)36-23-6-8-25(29-18-23)32-16-9-20-17-21(5-7-24(20)32)26(33)30-12-4-13-30/h5-9,16-18,22H,4,10-15,19H2,1-3H3. The molecular weight excluding hydrogens is 456 g/mol. The van der Waals surface area contributed by atoms with Crippen molar-refractivity contribution in [3.8, 4) is 11.6 Å². The number of ether oxygens (including phenoxy) is 2. The van der Waals surface area contributed by atoms with Crippen molar-refractivity contribution >= 4 is 22.9 Å². The van der Waals surface area contributed by atoms with Crippen LogP contribution in [0, 0.1) is 5.41 Å². The number of rotatable bonds is 5. The van der Waals surface area contributed by atoms with Crippen LogP contribution in [-0.2, 0) is 4.74 Å². The fourth-order valence-corrected chi connectivity index (χ4v) is 4.48. The molecule has 0 saturated carbocycles. The first kappa shape index (κ1) is 24.2. The van der Waals surface area contributed by atoms with Crippen molar-refractivity contribution in [2.24, 2.45) is 5.41 Å². The summed E-state index contributed by atoms with van der Waals surface area (Å²) in [7, 11) is 0. The summed E-state index contributed by atoms with van der Waals surface area (Å²) in [5, 5.41) is 1.01. The van der Waals surface area contributed by atoms with E-state index in [1.165, 1.54) is 0 Å². The zero-order chi connectivity index (χ0) is 25.3. The first-order valence-electron chi connectivity index (χ1n) is 12.7. The fourth-order valence-electron chi connectivity index (χ4n) is 4.48. The summed E-state index contributed by atoms with van der Waals surface area (Å²) in [6, 6.07) is 11.7. The molecule has 1 aromatic carbocycles. The Morgan fingerprint density at radius 2 is 1.78 bits per heavy atom. The van der Waals surface area contributed by atoms with E-state index in [9.17, 15) is 9.59 Å². The Kier molecular flexibility index (Phi) is 6.60. The lowest BCUT2D eigenvalue weighted by Crippen LogP contribution is -2.42. The molecule has 3 aromatic rings. The van der Waals surface area contributed by atoms with Gasteiger partial charge in [0.25, 0.3) is 5.91 Å². The van der Waals surface area contributed by atoms with Crippen molar-refractivity contribution in [1.29, 1.82) is 0 Å². The van der Waals surface area contributed by atoms with Crippen molar-refractivity contribution in [3.05, 3.63) is 54.4 Å². The molecule has 0 radical (unpaired) electrons. The van der Waals surface area contributed by atoms with Gasteiger partial charge in [0.2, 0.25) is 0 Å². The Balaban J connectivity index is 1.17. The van der Waals surface area contributed by atoms with Gasteiger partial charge in [-0.25, -0.2) is 9.78 Å². The number of piperidine rings is 1. The molecule has 4 heterocycles. The van der Waals surface area contributed by atoms with Crippen LogP contribution >= 0.6 is 0 Å². The van der Waals surface area contributed by atoms with E-state index in [4.69, 9.17) is 9.47 Å². The number of hydrogen-bond acceptors (Lipinski definition) is 5. The van der Waals surface area contributed by atoms with Crippen molar-refractivity contribution in [1.82, 2.24) is 19.4 Å². The SMILES string of the molecule is CC(C)(C)COC(=O)N1CCC(Oc2ccc(-n3ccc4cc(C(=O)N5CCC5)ccc43)nc2)CC1. The molecule has 8 nitrogen and oxygen atoms in total. The summed E-state index contributed by atoms with van der Waals surface area (Å²) in [5.74, 6) is 1.60. The number of aromatic nitrogens is 2. The molecule has 2 amide bonds. The highest BCUT2D eigenvalue weighted by atomic mass is 16.6. The van der Waals surface area contributed by atoms with E-state index in [0.717, 1.165) is 54.6 Å². The van der Waals surface area contributed by atoms with Crippen LogP contribution in [-0.4, -0.2) is 70.2 Å². The number of carbonyl (C=O) groups excluding carboxylic acids is 2. The molecule has 36 heavy (non-hydrogen) atoms. The normalized spacial score (nSPS) is 16.6. The van der Waals surface area contributed by atoms with Gasteiger partial charge in [-0.1, -0.05) is 20.8 Å². The van der Waals surface area contributed by atoms with E-state index >= 15 is 0 Å². The lowest BCUT2D eigenvalue weighted by atomic mass is 9.99. The van der Waals surface area contributed by atoms with Gasteiger partial charge in [0.1, 0.15) is 17.7 Å². The highest BCUT2D eigenvalue weighted by Crippen LogP contribution is 2.25. The molecule has 0 aliphatic carbocycles. The molecule has 2 aliphatic rings. The molecular formula is C28H34N4O4. The van der Waals surface area contributed by atoms with Gasteiger partial charge < -0.3 is 23.8 Å². The van der Waals surface area contributed by atoms with E-state index in [2.05, 4.69) is 4.98 Å². The number of carbonyl (C=O) groups is 2. The number of nitrogens with zero attached hydrogens (tertiary/aromatic N) is 4. The lowest BCUT2D eigenvalue weighted by Gasteiger charge is -2.32. The molecule has 2 aliphatic heterocycles. The molecule has 0 atom stereocenters. The largest absolute Gasteiger partial charge is 0.489 e. The Morgan fingerprint density at radius 1 is 1.00 bits per heavy atom. The minimum absolute atomic E-state index is 0.0408. The molecule has 0 N–H and O–H groups in total. The van der Waals surface area contributed by atoms with Gasteiger partial charge in [-0.2, -0.15) is 0 Å². The Bertz CT molecular complexity index is 1230. The highest BCUT2D eigenvalue weighted by Gasteiger charge is 2.26. The first-order chi connectivity index (χ1) is 17.3. The first-order valence-corrected chi connectivity index (χ1v) is 12.7. The quantitative estimate of drug-likeness (QED) is 0.509. The number of hydrogen-bond donors (Lipinski definition) is 0. The van der Waals surface area contributed by atoms with Crippen LogP contribution < -0.4 is 4.74 Å². The second kappa shape index (κ2) is 9.84. The zero-order valence-electron chi connectivity index (χ0n) is 21.3. The second-order valence-electron chi connectivity index (χ2n) is 10.9. The molecule has 0 spiro atoms. The maximum atomic E-state index is 12.5. The van der Waals surface area contributed by atoms with Gasteiger partial charge in [0, 0.05) is 56.2 Å². The van der Waals surface area contributed by atoms with Crippen LogP contribution in [0.4, 0.5) is 4.79 Å².